The molecule has 1 aliphatic rings. The first-order chi connectivity index (χ1) is 16.0. The lowest BCUT2D eigenvalue weighted by Gasteiger charge is -2.13. The first-order valence-electron chi connectivity index (χ1n) is 10.3. The van der Waals surface area contributed by atoms with E-state index in [1.54, 1.807) is 0 Å². The van der Waals surface area contributed by atoms with Gasteiger partial charge in [-0.1, -0.05) is 42.1 Å². The summed E-state index contributed by atoms with van der Waals surface area (Å²) in [5.74, 6) is 0.710. The van der Waals surface area contributed by atoms with Crippen LogP contribution in [-0.4, -0.2) is 42.9 Å². The highest BCUT2D eigenvalue weighted by atomic mass is 32.2. The van der Waals surface area contributed by atoms with Crippen molar-refractivity contribution in [1.29, 1.82) is 0 Å². The maximum Gasteiger partial charge on any atom is 0.286 e. The van der Waals surface area contributed by atoms with E-state index in [1.165, 1.54) is 6.33 Å². The quantitative estimate of drug-likeness (QED) is 0.402. The second kappa shape index (κ2) is 8.55. The van der Waals surface area contributed by atoms with Crippen LogP contribution in [-0.2, 0) is 11.2 Å². The second-order valence-electron chi connectivity index (χ2n) is 7.45. The number of nitrogens with one attached hydrogen (secondary N) is 3. The fourth-order valence-electron chi connectivity index (χ4n) is 3.76. The molecule has 166 valence electrons. The molecule has 0 bridgehead atoms. The number of H-pyrrole nitrogens is 2. The zero-order chi connectivity index (χ0) is 22.9. The smallest absolute Gasteiger partial charge is 0.286 e. The molecule has 33 heavy (non-hydrogen) atoms. The summed E-state index contributed by atoms with van der Waals surface area (Å²) in [6.07, 6.45) is 1.89. The molecule has 1 fully saturated rings. The highest BCUT2D eigenvalue weighted by Crippen LogP contribution is 2.33. The van der Waals surface area contributed by atoms with Crippen LogP contribution in [0.5, 0.6) is 5.75 Å². The maximum absolute atomic E-state index is 12.3. The number of carbonyl (C=O) groups excluding carboxylic acids is 2. The van der Waals surface area contributed by atoms with Crippen molar-refractivity contribution in [2.45, 2.75) is 18.6 Å². The van der Waals surface area contributed by atoms with Gasteiger partial charge in [0.1, 0.15) is 11.6 Å². The molecule has 5 rings (SSSR count). The number of imide groups is 1. The van der Waals surface area contributed by atoms with Gasteiger partial charge in [0.25, 0.3) is 10.8 Å². The molecule has 0 spiro atoms. The maximum atomic E-state index is 12.3. The fourth-order valence-corrected chi connectivity index (χ4v) is 4.62. The summed E-state index contributed by atoms with van der Waals surface area (Å²) in [6, 6.07) is 13.5. The minimum atomic E-state index is -0.422. The molecule has 3 N–H and O–H groups in total. The van der Waals surface area contributed by atoms with Gasteiger partial charge in [-0.05, 0) is 42.2 Å². The average Bonchev–Trinajstić information content (AvgIpc) is 3.40. The van der Waals surface area contributed by atoms with Crippen LogP contribution in [0.25, 0.3) is 33.7 Å². The number of aromatic amines is 2. The lowest BCUT2D eigenvalue weighted by atomic mass is 9.99. The predicted octanol–water partition coefficient (Wildman–Crippen LogP) is 3.27. The second-order valence-corrected chi connectivity index (χ2v) is 8.62. The number of thioether (sulfide) groups is 1. The summed E-state index contributed by atoms with van der Waals surface area (Å²) >= 11 is 1.02. The van der Waals surface area contributed by atoms with Gasteiger partial charge in [-0.25, -0.2) is 9.97 Å². The number of nitrogens with zero attached hydrogens (tertiary/aromatic N) is 2. The van der Waals surface area contributed by atoms with Crippen molar-refractivity contribution in [3.05, 3.63) is 64.7 Å². The normalized spacial score (nSPS) is 15.7. The summed E-state index contributed by atoms with van der Waals surface area (Å²) in [5, 5.41) is 1.59. The van der Waals surface area contributed by atoms with Crippen molar-refractivity contribution in [2.75, 3.05) is 6.61 Å². The molecular formula is C23H19N5O4S. The zero-order valence-electron chi connectivity index (χ0n) is 17.5. The Balaban J connectivity index is 1.49. The van der Waals surface area contributed by atoms with Gasteiger partial charge in [0.05, 0.1) is 23.7 Å². The summed E-state index contributed by atoms with van der Waals surface area (Å²) in [4.78, 5) is 49.8. The highest BCUT2D eigenvalue weighted by Gasteiger charge is 2.31. The molecule has 0 aliphatic carbocycles. The fraction of sp³-hybridized carbons (Fsp3) is 0.174. The Morgan fingerprint density at radius 1 is 1.09 bits per heavy atom. The van der Waals surface area contributed by atoms with E-state index in [0.717, 1.165) is 28.5 Å². The van der Waals surface area contributed by atoms with E-state index in [4.69, 9.17) is 4.74 Å². The molecule has 9 nitrogen and oxygen atoms in total. The molecule has 1 aliphatic heterocycles. The predicted molar refractivity (Wildman–Crippen MR) is 125 cm³/mol. The van der Waals surface area contributed by atoms with E-state index in [1.807, 2.05) is 49.4 Å². The average molecular weight is 462 g/mol. The summed E-state index contributed by atoms with van der Waals surface area (Å²) in [6.45, 7) is 2.33. The SMILES string of the molecule is CCOc1cc(-c2cccc(CC3SC(=O)NC3=O)c2)ccc1-c1nc2[nH]cnc2c(=O)[nH]1. The van der Waals surface area contributed by atoms with Gasteiger partial charge in [0, 0.05) is 0 Å². The molecule has 2 aromatic carbocycles. The third-order valence-corrected chi connectivity index (χ3v) is 6.26. The highest BCUT2D eigenvalue weighted by molar-refractivity contribution is 8.15. The van der Waals surface area contributed by atoms with Gasteiger partial charge < -0.3 is 14.7 Å². The topological polar surface area (TPSA) is 130 Å². The molecule has 3 heterocycles. The molecule has 2 aromatic heterocycles. The number of hydrogen-bond donors (Lipinski definition) is 3. The Morgan fingerprint density at radius 3 is 2.73 bits per heavy atom. The first kappa shape index (κ1) is 21.0. The van der Waals surface area contributed by atoms with Crippen molar-refractivity contribution in [2.24, 2.45) is 0 Å². The monoisotopic (exact) mass is 461 g/mol. The summed E-state index contributed by atoms with van der Waals surface area (Å²) in [7, 11) is 0. The zero-order valence-corrected chi connectivity index (χ0v) is 18.4. The number of rotatable bonds is 6. The summed E-state index contributed by atoms with van der Waals surface area (Å²) < 4.78 is 5.87. The van der Waals surface area contributed by atoms with Crippen molar-refractivity contribution < 1.29 is 14.3 Å². The molecule has 10 heteroatoms. The molecule has 1 saturated heterocycles. The number of carbonyl (C=O) groups is 2. The van der Waals surface area contributed by atoms with Crippen LogP contribution in [0.15, 0.2) is 53.6 Å². The van der Waals surface area contributed by atoms with E-state index in [9.17, 15) is 14.4 Å². The minimum Gasteiger partial charge on any atom is -0.493 e. The van der Waals surface area contributed by atoms with Crippen LogP contribution < -0.4 is 15.6 Å². The number of fused-ring (bicyclic) bond motifs is 1. The third kappa shape index (κ3) is 4.12. The van der Waals surface area contributed by atoms with Crippen LogP contribution in [0.3, 0.4) is 0 Å². The van der Waals surface area contributed by atoms with Gasteiger partial charge in [-0.15, -0.1) is 0 Å². The van der Waals surface area contributed by atoms with Crippen molar-refractivity contribution >= 4 is 34.1 Å². The Bertz CT molecular complexity index is 1440. The number of benzene rings is 2. The largest absolute Gasteiger partial charge is 0.493 e. The lowest BCUT2D eigenvalue weighted by Crippen LogP contribution is -2.25. The third-order valence-electron chi connectivity index (χ3n) is 5.27. The molecule has 2 amide bonds. The van der Waals surface area contributed by atoms with Gasteiger partial charge in [-0.2, -0.15) is 0 Å². The Morgan fingerprint density at radius 2 is 1.94 bits per heavy atom. The number of aromatic nitrogens is 4. The van der Waals surface area contributed by atoms with Gasteiger partial charge in [-0.3, -0.25) is 19.7 Å². The Labute approximate surface area is 192 Å². The van der Waals surface area contributed by atoms with E-state index >= 15 is 0 Å². The summed E-state index contributed by atoms with van der Waals surface area (Å²) in [5.41, 5.74) is 3.79. The van der Waals surface area contributed by atoms with E-state index in [2.05, 4.69) is 25.3 Å². The molecule has 0 radical (unpaired) electrons. The van der Waals surface area contributed by atoms with Crippen molar-refractivity contribution in [1.82, 2.24) is 25.3 Å². The van der Waals surface area contributed by atoms with Gasteiger partial charge in [0.15, 0.2) is 11.2 Å². The molecule has 1 atom stereocenters. The number of hydrogen-bond acceptors (Lipinski definition) is 7. The Hall–Kier alpha value is -3.92. The molecule has 4 aromatic rings. The lowest BCUT2D eigenvalue weighted by molar-refractivity contribution is -0.118. The van der Waals surface area contributed by atoms with Crippen LogP contribution in [0.4, 0.5) is 4.79 Å². The molecule has 1 unspecified atom stereocenters. The van der Waals surface area contributed by atoms with E-state index in [0.29, 0.717) is 35.8 Å². The van der Waals surface area contributed by atoms with Crippen LogP contribution in [0.1, 0.15) is 12.5 Å². The van der Waals surface area contributed by atoms with Crippen molar-refractivity contribution in [3.63, 3.8) is 0 Å². The molecule has 0 saturated carbocycles. The number of ether oxygens (including phenoxy) is 1. The van der Waals surface area contributed by atoms with E-state index < -0.39 is 5.25 Å². The standard InChI is InChI=1S/C23H19N5O4S/c1-2-32-16-10-14(6-7-15(16)19-26-20-18(22(30)27-19)24-11-25-20)13-5-3-4-12(8-13)9-17-21(29)28-23(31)33-17/h3-8,10-11,17H,2,9H2,1H3,(H,28,29,31)(H2,24,25,26,27,30). The van der Waals surface area contributed by atoms with E-state index in [-0.39, 0.29) is 22.2 Å². The number of imidazole rings is 1. The van der Waals surface area contributed by atoms with Crippen molar-refractivity contribution in [3.8, 4) is 28.3 Å². The first-order valence-corrected chi connectivity index (χ1v) is 11.2. The van der Waals surface area contributed by atoms with Gasteiger partial charge >= 0.3 is 0 Å². The van der Waals surface area contributed by atoms with Crippen LogP contribution >= 0.6 is 11.8 Å². The Kier molecular flexibility index (Phi) is 5.43. The minimum absolute atomic E-state index is 0.251. The molecular weight excluding hydrogens is 442 g/mol. The van der Waals surface area contributed by atoms with Gasteiger partial charge in [0.2, 0.25) is 5.91 Å². The number of amides is 2. The van der Waals surface area contributed by atoms with Crippen LogP contribution in [0.2, 0.25) is 0 Å². The van der Waals surface area contributed by atoms with Crippen LogP contribution in [0, 0.1) is 0 Å².